The molecule has 3 heterocycles. The van der Waals surface area contributed by atoms with E-state index in [1.54, 1.807) is 5.57 Å². The molecule has 4 aromatic carbocycles. The van der Waals surface area contributed by atoms with E-state index in [0.29, 0.717) is 5.92 Å². The van der Waals surface area contributed by atoms with Crippen LogP contribution in [0.1, 0.15) is 92.3 Å². The topological polar surface area (TPSA) is 4.93 Å². The zero-order valence-corrected chi connectivity index (χ0v) is 25.2. The molecule has 2 aliphatic heterocycles. The van der Waals surface area contributed by atoms with Crippen LogP contribution in [0.4, 0.5) is 0 Å². The number of rotatable bonds is 4. The fourth-order valence-corrected chi connectivity index (χ4v) is 8.37. The summed E-state index contributed by atoms with van der Waals surface area (Å²) in [5.41, 5.74) is 17.3. The van der Waals surface area contributed by atoms with Gasteiger partial charge in [-0.2, -0.15) is 0 Å². The first-order chi connectivity index (χ1) is 19.7. The Labute approximate surface area is 244 Å². The summed E-state index contributed by atoms with van der Waals surface area (Å²) in [5, 5.41) is 2.82. The van der Waals surface area contributed by atoms with Crippen molar-refractivity contribution in [2.75, 3.05) is 0 Å². The molecule has 0 fully saturated rings. The molecular weight excluding hydrogens is 494 g/mol. The lowest BCUT2D eigenvalue weighted by Crippen LogP contribution is -2.33. The lowest BCUT2D eigenvalue weighted by atomic mass is 9.68. The van der Waals surface area contributed by atoms with Gasteiger partial charge in [0, 0.05) is 27.5 Å². The second kappa shape index (κ2) is 8.35. The molecule has 1 atom stereocenters. The third-order valence-corrected chi connectivity index (χ3v) is 10.8. The van der Waals surface area contributed by atoms with E-state index in [1.165, 1.54) is 72.0 Å². The second-order valence-electron chi connectivity index (χ2n) is 13.8. The van der Waals surface area contributed by atoms with Gasteiger partial charge in [0.05, 0.1) is 16.7 Å². The molecule has 0 radical (unpaired) electrons. The van der Waals surface area contributed by atoms with Gasteiger partial charge in [0.25, 0.3) is 0 Å². The number of aryl methyl sites for hydroxylation is 1. The van der Waals surface area contributed by atoms with Gasteiger partial charge in [0.15, 0.2) is 0 Å². The molecule has 1 heteroatoms. The van der Waals surface area contributed by atoms with Gasteiger partial charge in [-0.1, -0.05) is 119 Å². The summed E-state index contributed by atoms with van der Waals surface area (Å²) in [4.78, 5) is 0. The molecule has 5 aromatic rings. The van der Waals surface area contributed by atoms with E-state index in [1.807, 2.05) is 0 Å². The highest BCUT2D eigenvalue weighted by molar-refractivity contribution is 6.14. The van der Waals surface area contributed by atoms with Gasteiger partial charge in [0.2, 0.25) is 0 Å². The molecule has 0 N–H and O–H groups in total. The zero-order chi connectivity index (χ0) is 28.3. The van der Waals surface area contributed by atoms with Crippen LogP contribution in [0.5, 0.6) is 0 Å². The Morgan fingerprint density at radius 1 is 0.756 bits per heavy atom. The Morgan fingerprint density at radius 2 is 1.44 bits per heavy atom. The summed E-state index contributed by atoms with van der Waals surface area (Å²) in [7, 11) is 0. The van der Waals surface area contributed by atoms with Crippen molar-refractivity contribution in [1.82, 2.24) is 4.57 Å². The van der Waals surface area contributed by atoms with Crippen LogP contribution < -0.4 is 0 Å². The van der Waals surface area contributed by atoms with Crippen LogP contribution in [0.2, 0.25) is 0 Å². The predicted octanol–water partition coefficient (Wildman–Crippen LogP) is 10.4. The summed E-state index contributed by atoms with van der Waals surface area (Å²) >= 11 is 0. The van der Waals surface area contributed by atoms with Gasteiger partial charge in [-0.15, -0.1) is 0 Å². The first-order valence-electron chi connectivity index (χ1n) is 15.4. The van der Waals surface area contributed by atoms with Crippen LogP contribution >= 0.6 is 0 Å². The van der Waals surface area contributed by atoms with E-state index < -0.39 is 0 Å². The Balaban J connectivity index is 1.40. The van der Waals surface area contributed by atoms with Crippen LogP contribution in [0.3, 0.4) is 0 Å². The van der Waals surface area contributed by atoms with Gasteiger partial charge in [-0.3, -0.25) is 0 Å². The van der Waals surface area contributed by atoms with Gasteiger partial charge < -0.3 is 4.57 Å². The molecule has 0 bridgehead atoms. The quantitative estimate of drug-likeness (QED) is 0.216. The maximum atomic E-state index is 2.64. The number of fused-ring (bicyclic) bond motifs is 1. The van der Waals surface area contributed by atoms with Crippen molar-refractivity contribution in [3.8, 4) is 5.69 Å². The van der Waals surface area contributed by atoms with Crippen LogP contribution in [-0.2, 0) is 17.3 Å². The first-order valence-corrected chi connectivity index (χ1v) is 15.4. The highest BCUT2D eigenvalue weighted by atomic mass is 15.0. The smallest absolute Gasteiger partial charge is 0.0582 e. The number of hydrogen-bond acceptors (Lipinski definition) is 0. The molecule has 0 amide bonds. The standard InChI is InChI=1S/C40H39N/c1-24-13-7-8-14-26(24)21-27-15-9-10-16-29(27)25(2)28-22-31-30-17-11-18-32-36(30)41-37(31)35(23-28)40(5,6)34-20-12-19-33(38(34)41)39(32,3)4/h7-9,11-15,17-20,22-23,25H,10,16,21H2,1-6H3. The summed E-state index contributed by atoms with van der Waals surface area (Å²) in [6.07, 6.45) is 8.07. The molecule has 8 rings (SSSR count). The average Bonchev–Trinajstić information content (AvgIpc) is 3.31. The van der Waals surface area contributed by atoms with Gasteiger partial charge >= 0.3 is 0 Å². The molecular formula is C40H39N. The Kier molecular flexibility index (Phi) is 5.08. The van der Waals surface area contributed by atoms with Gasteiger partial charge in [-0.25, -0.2) is 0 Å². The Morgan fingerprint density at radius 3 is 2.22 bits per heavy atom. The molecule has 204 valence electrons. The van der Waals surface area contributed by atoms with Crippen molar-refractivity contribution >= 4 is 21.8 Å². The molecule has 0 spiro atoms. The molecule has 3 aliphatic rings. The zero-order valence-electron chi connectivity index (χ0n) is 25.2. The minimum Gasteiger partial charge on any atom is -0.308 e. The number of allylic oxidation sites excluding steroid dienone is 4. The highest BCUT2D eigenvalue weighted by Gasteiger charge is 2.43. The molecule has 1 nitrogen and oxygen atoms in total. The van der Waals surface area contributed by atoms with Crippen molar-refractivity contribution < 1.29 is 0 Å². The normalized spacial score (nSPS) is 18.5. The average molecular weight is 534 g/mol. The highest BCUT2D eigenvalue weighted by Crippen LogP contribution is 2.55. The molecule has 1 aliphatic carbocycles. The molecule has 1 aromatic heterocycles. The Bertz CT molecular complexity index is 1990. The van der Waals surface area contributed by atoms with Crippen LogP contribution in [0.15, 0.2) is 96.1 Å². The van der Waals surface area contributed by atoms with E-state index in [2.05, 4.69) is 131 Å². The van der Waals surface area contributed by atoms with Gasteiger partial charge in [-0.05, 0) is 76.8 Å². The maximum Gasteiger partial charge on any atom is 0.0582 e. The van der Waals surface area contributed by atoms with Crippen molar-refractivity contribution in [2.45, 2.75) is 77.6 Å². The second-order valence-corrected chi connectivity index (χ2v) is 13.8. The SMILES string of the molecule is Cc1ccccc1CC1=C(C(C)c2cc3c4c(c2)c2cccc5c2n4-c2c(cccc2C3(C)C)C5(C)C)CCC=C1. The minimum absolute atomic E-state index is 0.0390. The molecule has 0 saturated heterocycles. The van der Waals surface area contributed by atoms with Crippen LogP contribution in [0, 0.1) is 6.92 Å². The summed E-state index contributed by atoms with van der Waals surface area (Å²) in [5.74, 6) is 0.367. The number of para-hydroxylation sites is 2. The van der Waals surface area contributed by atoms with Gasteiger partial charge in [0.1, 0.15) is 0 Å². The van der Waals surface area contributed by atoms with Crippen LogP contribution in [-0.4, -0.2) is 4.57 Å². The molecule has 1 unspecified atom stereocenters. The van der Waals surface area contributed by atoms with Crippen LogP contribution in [0.25, 0.3) is 27.5 Å². The van der Waals surface area contributed by atoms with Crippen molar-refractivity contribution in [1.29, 1.82) is 0 Å². The summed E-state index contributed by atoms with van der Waals surface area (Å²) < 4.78 is 2.64. The summed E-state index contributed by atoms with van der Waals surface area (Å²) in [6.45, 7) is 14.4. The number of aromatic nitrogens is 1. The predicted molar refractivity (Wildman–Crippen MR) is 174 cm³/mol. The number of nitrogens with zero attached hydrogens (tertiary/aromatic N) is 1. The maximum absolute atomic E-state index is 2.64. The van der Waals surface area contributed by atoms with Crippen molar-refractivity contribution in [2.24, 2.45) is 0 Å². The number of benzene rings is 4. The van der Waals surface area contributed by atoms with Crippen molar-refractivity contribution in [3.05, 3.63) is 135 Å². The van der Waals surface area contributed by atoms with E-state index in [0.717, 1.165) is 19.3 Å². The Hall–Kier alpha value is -3.84. The fourth-order valence-electron chi connectivity index (χ4n) is 8.37. The largest absolute Gasteiger partial charge is 0.308 e. The van der Waals surface area contributed by atoms with Crippen molar-refractivity contribution in [3.63, 3.8) is 0 Å². The van der Waals surface area contributed by atoms with E-state index in [4.69, 9.17) is 0 Å². The monoisotopic (exact) mass is 533 g/mol. The fraction of sp³-hybridized carbons (Fsp3) is 0.300. The molecule has 0 saturated carbocycles. The lowest BCUT2D eigenvalue weighted by Gasteiger charge is -2.42. The minimum atomic E-state index is -0.0812. The first kappa shape index (κ1) is 24.9. The summed E-state index contributed by atoms with van der Waals surface area (Å²) in [6, 6.07) is 28.0. The molecule has 41 heavy (non-hydrogen) atoms. The van der Waals surface area contributed by atoms with E-state index in [-0.39, 0.29) is 10.8 Å². The van der Waals surface area contributed by atoms with E-state index >= 15 is 0 Å². The number of hydrogen-bond donors (Lipinski definition) is 0. The third kappa shape index (κ3) is 3.24. The third-order valence-electron chi connectivity index (χ3n) is 10.8. The lowest BCUT2D eigenvalue weighted by molar-refractivity contribution is 0.593. The van der Waals surface area contributed by atoms with E-state index in [9.17, 15) is 0 Å².